The second-order valence-corrected chi connectivity index (χ2v) is 5.29. The van der Waals surface area contributed by atoms with Gasteiger partial charge in [-0.1, -0.05) is 0 Å². The molecule has 1 N–H and O–H groups in total. The molecule has 3 heteroatoms. The summed E-state index contributed by atoms with van der Waals surface area (Å²) >= 11 is 2.05. The van der Waals surface area contributed by atoms with Gasteiger partial charge in [0.1, 0.15) is 0 Å². The molecule has 2 aliphatic rings. The van der Waals surface area contributed by atoms with E-state index in [0.717, 1.165) is 12.1 Å². The summed E-state index contributed by atoms with van der Waals surface area (Å²) in [6.07, 6.45) is 2.81. The van der Waals surface area contributed by atoms with E-state index in [2.05, 4.69) is 28.9 Å². The van der Waals surface area contributed by atoms with Crippen LogP contribution in [0.25, 0.3) is 0 Å². The second-order valence-electron chi connectivity index (χ2n) is 4.22. The Hall–Kier alpha value is 0.270. The summed E-state index contributed by atoms with van der Waals surface area (Å²) in [7, 11) is 0. The average Bonchev–Trinajstić information content (AvgIpc) is 2.42. The molecule has 0 aromatic rings. The first-order chi connectivity index (χ1) is 6.36. The Morgan fingerprint density at radius 1 is 1.46 bits per heavy atom. The molecule has 13 heavy (non-hydrogen) atoms. The van der Waals surface area contributed by atoms with Crippen molar-refractivity contribution in [2.75, 3.05) is 31.1 Å². The van der Waals surface area contributed by atoms with Crippen LogP contribution in [0.1, 0.15) is 19.8 Å². The van der Waals surface area contributed by atoms with Crippen LogP contribution < -0.4 is 5.32 Å². The van der Waals surface area contributed by atoms with Crippen molar-refractivity contribution in [3.8, 4) is 0 Å². The molecule has 2 saturated heterocycles. The van der Waals surface area contributed by atoms with Gasteiger partial charge in [-0.15, -0.1) is 0 Å². The van der Waals surface area contributed by atoms with Gasteiger partial charge in [-0.3, -0.25) is 4.90 Å². The Morgan fingerprint density at radius 3 is 2.85 bits per heavy atom. The molecule has 1 atom stereocenters. The maximum atomic E-state index is 3.60. The number of thioether (sulfide) groups is 1. The molecule has 0 aromatic carbocycles. The maximum absolute atomic E-state index is 3.60. The Balaban J connectivity index is 1.56. The minimum Gasteiger partial charge on any atom is -0.311 e. The van der Waals surface area contributed by atoms with E-state index in [1.54, 1.807) is 0 Å². The zero-order chi connectivity index (χ0) is 9.10. The second kappa shape index (κ2) is 4.67. The van der Waals surface area contributed by atoms with Crippen molar-refractivity contribution >= 4 is 11.8 Å². The SMILES string of the molecule is CC1CCCN1CCNC1CSC1. The molecule has 0 radical (unpaired) electrons. The van der Waals surface area contributed by atoms with Crippen LogP contribution in [0.3, 0.4) is 0 Å². The van der Waals surface area contributed by atoms with Crippen molar-refractivity contribution in [1.82, 2.24) is 10.2 Å². The van der Waals surface area contributed by atoms with Crippen molar-refractivity contribution in [2.24, 2.45) is 0 Å². The van der Waals surface area contributed by atoms with Crippen LogP contribution in [0.5, 0.6) is 0 Å². The minimum absolute atomic E-state index is 0.822. The summed E-state index contributed by atoms with van der Waals surface area (Å²) in [6.45, 7) is 6.12. The molecule has 0 saturated carbocycles. The lowest BCUT2D eigenvalue weighted by atomic mass is 10.2. The molecule has 1 unspecified atom stereocenters. The lowest BCUT2D eigenvalue weighted by molar-refractivity contribution is 0.265. The highest BCUT2D eigenvalue weighted by Crippen LogP contribution is 2.18. The molecular formula is C10H20N2S. The number of nitrogens with one attached hydrogen (secondary N) is 1. The average molecular weight is 200 g/mol. The van der Waals surface area contributed by atoms with Gasteiger partial charge in [0.05, 0.1) is 0 Å². The first-order valence-electron chi connectivity index (χ1n) is 5.41. The van der Waals surface area contributed by atoms with Crippen LogP contribution in [-0.4, -0.2) is 48.1 Å². The largest absolute Gasteiger partial charge is 0.311 e. The highest BCUT2D eigenvalue weighted by molar-refractivity contribution is 8.00. The molecule has 2 fully saturated rings. The molecule has 2 heterocycles. The third kappa shape index (κ3) is 2.61. The van der Waals surface area contributed by atoms with Crippen molar-refractivity contribution in [2.45, 2.75) is 31.8 Å². The zero-order valence-corrected chi connectivity index (χ0v) is 9.28. The quantitative estimate of drug-likeness (QED) is 0.733. The van der Waals surface area contributed by atoms with Crippen LogP contribution in [0, 0.1) is 0 Å². The standard InChI is InChI=1S/C10H20N2S/c1-9-3-2-5-12(9)6-4-11-10-7-13-8-10/h9-11H,2-8H2,1H3. The lowest BCUT2D eigenvalue weighted by Crippen LogP contribution is -2.44. The molecule has 0 spiro atoms. The van der Waals surface area contributed by atoms with Crippen molar-refractivity contribution in [3.05, 3.63) is 0 Å². The van der Waals surface area contributed by atoms with Crippen molar-refractivity contribution in [3.63, 3.8) is 0 Å². The first-order valence-corrected chi connectivity index (χ1v) is 6.57. The van der Waals surface area contributed by atoms with Gasteiger partial charge < -0.3 is 5.32 Å². The topological polar surface area (TPSA) is 15.3 Å². The van der Waals surface area contributed by atoms with Gasteiger partial charge in [-0.2, -0.15) is 11.8 Å². The Bertz CT molecular complexity index is 159. The number of nitrogens with zero attached hydrogens (tertiary/aromatic N) is 1. The van der Waals surface area contributed by atoms with Crippen LogP contribution in [0.2, 0.25) is 0 Å². The van der Waals surface area contributed by atoms with E-state index in [1.165, 1.54) is 44.0 Å². The van der Waals surface area contributed by atoms with Gasteiger partial charge in [0, 0.05) is 36.7 Å². The number of hydrogen-bond donors (Lipinski definition) is 1. The van der Waals surface area contributed by atoms with Crippen LogP contribution in [0.4, 0.5) is 0 Å². The third-order valence-corrected chi connectivity index (χ3v) is 4.44. The molecule has 0 amide bonds. The van der Waals surface area contributed by atoms with Gasteiger partial charge in [0.15, 0.2) is 0 Å². The first kappa shape index (κ1) is 9.81. The van der Waals surface area contributed by atoms with Gasteiger partial charge in [-0.05, 0) is 26.3 Å². The van der Waals surface area contributed by atoms with Gasteiger partial charge in [-0.25, -0.2) is 0 Å². The fraction of sp³-hybridized carbons (Fsp3) is 1.00. The fourth-order valence-electron chi connectivity index (χ4n) is 2.09. The van der Waals surface area contributed by atoms with Crippen molar-refractivity contribution in [1.29, 1.82) is 0 Å². The van der Waals surface area contributed by atoms with Crippen LogP contribution in [-0.2, 0) is 0 Å². The van der Waals surface area contributed by atoms with E-state index in [1.807, 2.05) is 0 Å². The fourth-order valence-corrected chi connectivity index (χ4v) is 2.80. The van der Waals surface area contributed by atoms with E-state index in [4.69, 9.17) is 0 Å². The van der Waals surface area contributed by atoms with Gasteiger partial charge in [0.25, 0.3) is 0 Å². The van der Waals surface area contributed by atoms with E-state index in [0.29, 0.717) is 0 Å². The summed E-state index contributed by atoms with van der Waals surface area (Å²) in [5.41, 5.74) is 0. The smallest absolute Gasteiger partial charge is 0.0249 e. The van der Waals surface area contributed by atoms with E-state index < -0.39 is 0 Å². The molecule has 0 aromatic heterocycles. The molecular weight excluding hydrogens is 180 g/mol. The highest BCUT2D eigenvalue weighted by Gasteiger charge is 2.21. The van der Waals surface area contributed by atoms with Gasteiger partial charge in [0.2, 0.25) is 0 Å². The molecule has 2 nitrogen and oxygen atoms in total. The lowest BCUT2D eigenvalue weighted by Gasteiger charge is -2.28. The molecule has 0 bridgehead atoms. The van der Waals surface area contributed by atoms with Gasteiger partial charge >= 0.3 is 0 Å². The Kier molecular flexibility index (Phi) is 3.52. The van der Waals surface area contributed by atoms with E-state index in [-0.39, 0.29) is 0 Å². The molecule has 0 aliphatic carbocycles. The predicted molar refractivity (Wildman–Crippen MR) is 59.4 cm³/mol. The Morgan fingerprint density at radius 2 is 2.31 bits per heavy atom. The van der Waals surface area contributed by atoms with Crippen LogP contribution >= 0.6 is 11.8 Å². The number of rotatable bonds is 4. The summed E-state index contributed by atoms with van der Waals surface area (Å²) in [5.74, 6) is 2.66. The third-order valence-electron chi connectivity index (χ3n) is 3.16. The summed E-state index contributed by atoms with van der Waals surface area (Å²) in [5, 5.41) is 3.60. The Labute approximate surface area is 85.4 Å². The summed E-state index contributed by atoms with van der Waals surface area (Å²) in [6, 6.07) is 1.65. The highest BCUT2D eigenvalue weighted by atomic mass is 32.2. The minimum atomic E-state index is 0.822. The van der Waals surface area contributed by atoms with E-state index in [9.17, 15) is 0 Å². The monoisotopic (exact) mass is 200 g/mol. The normalized spacial score (nSPS) is 30.7. The zero-order valence-electron chi connectivity index (χ0n) is 8.46. The van der Waals surface area contributed by atoms with E-state index >= 15 is 0 Å². The molecule has 2 aliphatic heterocycles. The maximum Gasteiger partial charge on any atom is 0.0249 e. The number of likely N-dealkylation sites (tertiary alicyclic amines) is 1. The van der Waals surface area contributed by atoms with Crippen LogP contribution in [0.15, 0.2) is 0 Å². The molecule has 2 rings (SSSR count). The van der Waals surface area contributed by atoms with Crippen molar-refractivity contribution < 1.29 is 0 Å². The molecule has 76 valence electrons. The summed E-state index contributed by atoms with van der Waals surface area (Å²) in [4.78, 5) is 2.61. The summed E-state index contributed by atoms with van der Waals surface area (Å²) < 4.78 is 0. The predicted octanol–water partition coefficient (Wildman–Crippen LogP) is 1.18. The number of hydrogen-bond acceptors (Lipinski definition) is 3.